The minimum atomic E-state index is -0.800. The van der Waals surface area contributed by atoms with Crippen molar-refractivity contribution in [3.05, 3.63) is 72.1 Å². The van der Waals surface area contributed by atoms with E-state index in [2.05, 4.69) is 11.6 Å². The molecule has 1 aliphatic heterocycles. The predicted molar refractivity (Wildman–Crippen MR) is 123 cm³/mol. The third kappa shape index (κ3) is 6.59. The lowest BCUT2D eigenvalue weighted by atomic mass is 10.2. The van der Waals surface area contributed by atoms with Gasteiger partial charge >= 0.3 is 17.9 Å². The van der Waals surface area contributed by atoms with E-state index in [0.717, 1.165) is 42.1 Å². The van der Waals surface area contributed by atoms with Gasteiger partial charge in [0.05, 0.1) is 6.54 Å². The minimum Gasteiger partial charge on any atom is -0.459 e. The van der Waals surface area contributed by atoms with Crippen LogP contribution in [0, 0.1) is 11.3 Å². The molecule has 34 heavy (non-hydrogen) atoms. The van der Waals surface area contributed by atoms with E-state index in [9.17, 15) is 19.6 Å². The monoisotopic (exact) mass is 463 g/mol. The lowest BCUT2D eigenvalue weighted by molar-refractivity contribution is -0.146. The van der Waals surface area contributed by atoms with Gasteiger partial charge in [-0.25, -0.2) is 14.4 Å². The number of nitrogens with one attached hydrogen (secondary N) is 1. The fraction of sp³-hybridized carbons (Fsp3) is 0.280. The SMILES string of the molecule is C=CC(=O)OCCOC(=O)/C(C#N)=C\C=C1/CCCN1CCOC(=O)c1cc2ccccc2[nH]1. The van der Waals surface area contributed by atoms with Crippen molar-refractivity contribution in [2.24, 2.45) is 0 Å². The number of para-hydroxylation sites is 1. The highest BCUT2D eigenvalue weighted by Crippen LogP contribution is 2.21. The molecule has 0 radical (unpaired) electrons. The summed E-state index contributed by atoms with van der Waals surface area (Å²) in [5.74, 6) is -1.84. The molecular weight excluding hydrogens is 438 g/mol. The Morgan fingerprint density at radius 3 is 2.71 bits per heavy atom. The summed E-state index contributed by atoms with van der Waals surface area (Å²) >= 11 is 0. The van der Waals surface area contributed by atoms with Crippen molar-refractivity contribution in [2.45, 2.75) is 12.8 Å². The molecule has 9 nitrogen and oxygen atoms in total. The van der Waals surface area contributed by atoms with Crippen molar-refractivity contribution < 1.29 is 28.6 Å². The number of nitrogens with zero attached hydrogens (tertiary/aromatic N) is 2. The Morgan fingerprint density at radius 2 is 1.94 bits per heavy atom. The van der Waals surface area contributed by atoms with Crippen LogP contribution >= 0.6 is 0 Å². The van der Waals surface area contributed by atoms with Gasteiger partial charge < -0.3 is 24.1 Å². The highest BCUT2D eigenvalue weighted by molar-refractivity contribution is 5.95. The summed E-state index contributed by atoms with van der Waals surface area (Å²) in [7, 11) is 0. The number of carbonyl (C=O) groups is 3. The van der Waals surface area contributed by atoms with Crippen molar-refractivity contribution in [3.8, 4) is 6.07 Å². The van der Waals surface area contributed by atoms with Gasteiger partial charge in [0.25, 0.3) is 0 Å². The van der Waals surface area contributed by atoms with Gasteiger partial charge in [-0.2, -0.15) is 5.26 Å². The second-order valence-corrected chi connectivity index (χ2v) is 7.35. The number of hydrogen-bond donors (Lipinski definition) is 1. The molecule has 0 amide bonds. The summed E-state index contributed by atoms with van der Waals surface area (Å²) in [6, 6.07) is 11.2. The Morgan fingerprint density at radius 1 is 1.15 bits per heavy atom. The average molecular weight is 463 g/mol. The standard InChI is InChI=1S/C25H25N3O6/c1-2-23(29)32-14-15-34-24(30)19(17-26)9-10-20-7-5-11-28(20)12-13-33-25(31)22-16-18-6-3-4-8-21(18)27-22/h2-4,6,8-10,16,27H,1,5,7,11-15H2/b19-9-,20-10+. The molecule has 0 saturated carbocycles. The molecule has 2 heterocycles. The number of carbonyl (C=O) groups excluding carboxylic acids is 3. The van der Waals surface area contributed by atoms with Crippen LogP contribution in [-0.2, 0) is 23.8 Å². The van der Waals surface area contributed by atoms with E-state index in [1.54, 1.807) is 12.1 Å². The van der Waals surface area contributed by atoms with Crippen LogP contribution in [0.1, 0.15) is 23.3 Å². The molecule has 176 valence electrons. The number of ether oxygens (including phenoxy) is 3. The number of esters is 3. The predicted octanol–water partition coefficient (Wildman–Crippen LogP) is 3.03. The molecule has 0 bridgehead atoms. The van der Waals surface area contributed by atoms with Gasteiger partial charge in [0, 0.05) is 29.2 Å². The van der Waals surface area contributed by atoms with Gasteiger partial charge in [-0.15, -0.1) is 0 Å². The van der Waals surface area contributed by atoms with E-state index >= 15 is 0 Å². The van der Waals surface area contributed by atoms with E-state index < -0.39 is 17.9 Å². The Kier molecular flexibility index (Phi) is 8.63. The zero-order chi connectivity index (χ0) is 24.3. The maximum absolute atomic E-state index is 12.3. The van der Waals surface area contributed by atoms with Gasteiger partial charge in [0.1, 0.15) is 37.2 Å². The van der Waals surface area contributed by atoms with Crippen molar-refractivity contribution >= 4 is 28.8 Å². The van der Waals surface area contributed by atoms with Gasteiger partial charge in [-0.05, 0) is 37.1 Å². The Hall–Kier alpha value is -4.32. The molecule has 0 atom stereocenters. The number of nitriles is 1. The Bertz CT molecular complexity index is 1140. The number of H-pyrrole nitrogens is 1. The van der Waals surface area contributed by atoms with Gasteiger partial charge in [0.15, 0.2) is 0 Å². The number of hydrogen-bond acceptors (Lipinski definition) is 8. The van der Waals surface area contributed by atoms with E-state index in [1.165, 1.54) is 6.08 Å². The summed E-state index contributed by atoms with van der Waals surface area (Å²) in [6.07, 6.45) is 5.80. The van der Waals surface area contributed by atoms with Crippen LogP contribution < -0.4 is 0 Å². The maximum atomic E-state index is 12.3. The number of fused-ring (bicyclic) bond motifs is 1. The first kappa shape index (κ1) is 24.3. The first-order chi connectivity index (χ1) is 16.5. The number of benzene rings is 1. The van der Waals surface area contributed by atoms with Crippen LogP contribution in [0.25, 0.3) is 10.9 Å². The molecule has 1 aliphatic rings. The summed E-state index contributed by atoms with van der Waals surface area (Å²) in [5, 5.41) is 10.2. The quantitative estimate of drug-likeness (QED) is 0.188. The molecule has 0 spiro atoms. The minimum absolute atomic E-state index is 0.124. The highest BCUT2D eigenvalue weighted by atomic mass is 16.6. The average Bonchev–Trinajstić information content (AvgIpc) is 3.48. The van der Waals surface area contributed by atoms with Crippen LogP contribution in [0.3, 0.4) is 0 Å². The fourth-order valence-corrected chi connectivity index (χ4v) is 3.45. The second-order valence-electron chi connectivity index (χ2n) is 7.35. The number of aromatic amines is 1. The molecule has 1 aromatic carbocycles. The highest BCUT2D eigenvalue weighted by Gasteiger charge is 2.18. The van der Waals surface area contributed by atoms with E-state index in [4.69, 9.17) is 14.2 Å². The first-order valence-corrected chi connectivity index (χ1v) is 10.8. The lowest BCUT2D eigenvalue weighted by Gasteiger charge is -2.19. The van der Waals surface area contributed by atoms with Crippen molar-refractivity contribution in [2.75, 3.05) is 32.9 Å². The fourth-order valence-electron chi connectivity index (χ4n) is 3.45. The molecule has 9 heteroatoms. The molecule has 1 aromatic heterocycles. The van der Waals surface area contributed by atoms with Gasteiger partial charge in [-0.1, -0.05) is 24.8 Å². The topological polar surface area (TPSA) is 122 Å². The smallest absolute Gasteiger partial charge is 0.354 e. The first-order valence-electron chi connectivity index (χ1n) is 10.8. The molecule has 0 aliphatic carbocycles. The van der Waals surface area contributed by atoms with E-state index in [0.29, 0.717) is 12.2 Å². The summed E-state index contributed by atoms with van der Waals surface area (Å²) in [6.45, 7) is 4.45. The summed E-state index contributed by atoms with van der Waals surface area (Å²) in [5.41, 5.74) is 2.04. The van der Waals surface area contributed by atoms with Gasteiger partial charge in [0.2, 0.25) is 0 Å². The third-order valence-electron chi connectivity index (χ3n) is 5.12. The molecule has 1 saturated heterocycles. The van der Waals surface area contributed by atoms with Crippen LogP contribution in [0.5, 0.6) is 0 Å². The largest absolute Gasteiger partial charge is 0.459 e. The van der Waals surface area contributed by atoms with E-state index in [-0.39, 0.29) is 25.4 Å². The molecule has 0 unspecified atom stereocenters. The molecule has 2 aromatic rings. The van der Waals surface area contributed by atoms with Crippen molar-refractivity contribution in [3.63, 3.8) is 0 Å². The van der Waals surface area contributed by atoms with Crippen LogP contribution in [0.2, 0.25) is 0 Å². The van der Waals surface area contributed by atoms with Crippen LogP contribution in [0.4, 0.5) is 0 Å². The third-order valence-corrected chi connectivity index (χ3v) is 5.12. The number of allylic oxidation sites excluding steroid dienone is 3. The Balaban J connectivity index is 1.49. The number of aromatic nitrogens is 1. The lowest BCUT2D eigenvalue weighted by Crippen LogP contribution is -2.24. The van der Waals surface area contributed by atoms with E-state index in [1.807, 2.05) is 35.2 Å². The number of rotatable bonds is 10. The molecular formula is C25H25N3O6. The normalized spacial score (nSPS) is 14.6. The van der Waals surface area contributed by atoms with Crippen molar-refractivity contribution in [1.29, 1.82) is 5.26 Å². The zero-order valence-electron chi connectivity index (χ0n) is 18.6. The molecule has 1 N–H and O–H groups in total. The maximum Gasteiger partial charge on any atom is 0.354 e. The van der Waals surface area contributed by atoms with Crippen molar-refractivity contribution in [1.82, 2.24) is 9.88 Å². The molecule has 1 fully saturated rings. The van der Waals surface area contributed by atoms with Gasteiger partial charge in [-0.3, -0.25) is 0 Å². The van der Waals surface area contributed by atoms with Crippen LogP contribution in [-0.4, -0.2) is 60.7 Å². The van der Waals surface area contributed by atoms with Crippen LogP contribution in [0.15, 0.2) is 66.4 Å². The summed E-state index contributed by atoms with van der Waals surface area (Å²) in [4.78, 5) is 40.4. The Labute approximate surface area is 196 Å². The second kappa shape index (κ2) is 12.1. The molecule has 3 rings (SSSR count). The summed E-state index contributed by atoms with van der Waals surface area (Å²) < 4.78 is 15.1. The zero-order valence-corrected chi connectivity index (χ0v) is 18.6. The number of likely N-dealkylation sites (tertiary alicyclic amines) is 1.